The molecule has 0 aromatic heterocycles. The van der Waals surface area contributed by atoms with Crippen LogP contribution in [0.2, 0.25) is 0 Å². The van der Waals surface area contributed by atoms with E-state index in [-0.39, 0.29) is 22.4 Å². The number of nitro groups is 1. The number of hydrogen-bond donors (Lipinski definition) is 1. The van der Waals surface area contributed by atoms with Gasteiger partial charge in [0.15, 0.2) is 4.90 Å². The number of benzene rings is 1. The van der Waals surface area contributed by atoms with E-state index in [9.17, 15) is 18.5 Å². The minimum absolute atomic E-state index is 0.242. The van der Waals surface area contributed by atoms with Crippen molar-refractivity contribution in [1.29, 1.82) is 0 Å². The zero-order valence-corrected chi connectivity index (χ0v) is 13.1. The summed E-state index contributed by atoms with van der Waals surface area (Å²) in [6.07, 6.45) is 0. The largest absolute Gasteiger partial charge is 0.388 e. The normalized spacial score (nSPS) is 23.2. The van der Waals surface area contributed by atoms with Gasteiger partial charge in [-0.15, -0.1) is 0 Å². The highest BCUT2D eigenvalue weighted by molar-refractivity contribution is 7.89. The number of anilines is 1. The summed E-state index contributed by atoms with van der Waals surface area (Å²) in [6, 6.07) is 4.04. The van der Waals surface area contributed by atoms with E-state index < -0.39 is 14.9 Å². The van der Waals surface area contributed by atoms with Gasteiger partial charge in [0.2, 0.25) is 10.0 Å². The van der Waals surface area contributed by atoms with Gasteiger partial charge in [-0.1, -0.05) is 13.8 Å². The molecule has 1 fully saturated rings. The van der Waals surface area contributed by atoms with Crippen LogP contribution in [0.3, 0.4) is 0 Å². The highest BCUT2D eigenvalue weighted by Crippen LogP contribution is 2.33. The molecule has 1 N–H and O–H groups in total. The smallest absolute Gasteiger partial charge is 0.289 e. The molecule has 2 rings (SSSR count). The van der Waals surface area contributed by atoms with E-state index >= 15 is 0 Å². The molecule has 8 heteroatoms. The van der Waals surface area contributed by atoms with E-state index in [2.05, 4.69) is 5.32 Å². The Bertz CT molecular complexity index is 649. The summed E-state index contributed by atoms with van der Waals surface area (Å²) in [4.78, 5) is 10.2. The molecule has 0 spiro atoms. The van der Waals surface area contributed by atoms with E-state index in [1.165, 1.54) is 22.5 Å². The van der Waals surface area contributed by atoms with Crippen molar-refractivity contribution in [3.8, 4) is 0 Å². The number of nitrogens with zero attached hydrogens (tertiary/aromatic N) is 2. The molecule has 0 saturated carbocycles. The van der Waals surface area contributed by atoms with Crippen molar-refractivity contribution in [2.45, 2.75) is 18.7 Å². The minimum Gasteiger partial charge on any atom is -0.388 e. The third-order valence-electron chi connectivity index (χ3n) is 4.02. The molecule has 21 heavy (non-hydrogen) atoms. The molecular weight excluding hydrogens is 294 g/mol. The zero-order valence-electron chi connectivity index (χ0n) is 12.2. The molecule has 1 heterocycles. The third-order valence-corrected chi connectivity index (χ3v) is 5.88. The predicted octanol–water partition coefficient (Wildman–Crippen LogP) is 1.91. The molecule has 1 saturated heterocycles. The fourth-order valence-electron chi connectivity index (χ4n) is 2.44. The predicted molar refractivity (Wildman–Crippen MR) is 79.7 cm³/mol. The van der Waals surface area contributed by atoms with E-state index in [0.717, 1.165) is 0 Å². The average Bonchev–Trinajstić information content (AvgIpc) is 2.78. The Balaban J connectivity index is 2.51. The number of sulfonamides is 1. The van der Waals surface area contributed by atoms with Crippen LogP contribution in [-0.2, 0) is 10.0 Å². The first kappa shape index (κ1) is 15.7. The molecule has 0 aliphatic carbocycles. The highest BCUT2D eigenvalue weighted by atomic mass is 32.2. The summed E-state index contributed by atoms with van der Waals surface area (Å²) < 4.78 is 26.8. The maximum absolute atomic E-state index is 12.7. The molecule has 1 aliphatic heterocycles. The second kappa shape index (κ2) is 5.61. The topological polar surface area (TPSA) is 92.5 Å². The van der Waals surface area contributed by atoms with Crippen molar-refractivity contribution in [1.82, 2.24) is 4.31 Å². The molecule has 1 aromatic carbocycles. The number of nitrogens with one attached hydrogen (secondary N) is 1. The molecule has 2 atom stereocenters. The quantitative estimate of drug-likeness (QED) is 0.677. The second-order valence-corrected chi connectivity index (χ2v) is 7.37. The first-order valence-corrected chi connectivity index (χ1v) is 8.17. The minimum atomic E-state index is -3.86. The van der Waals surface area contributed by atoms with Crippen LogP contribution in [0.4, 0.5) is 11.4 Å². The van der Waals surface area contributed by atoms with Crippen molar-refractivity contribution < 1.29 is 13.3 Å². The Labute approximate surface area is 124 Å². The molecule has 116 valence electrons. The maximum atomic E-state index is 12.7. The molecule has 2 unspecified atom stereocenters. The molecule has 0 amide bonds. The Morgan fingerprint density at radius 1 is 1.29 bits per heavy atom. The lowest BCUT2D eigenvalue weighted by molar-refractivity contribution is -0.387. The summed E-state index contributed by atoms with van der Waals surface area (Å²) in [5.74, 6) is 0.484. The van der Waals surface area contributed by atoms with Crippen molar-refractivity contribution in [2.75, 3.05) is 25.5 Å². The number of hydrogen-bond acceptors (Lipinski definition) is 5. The van der Waals surface area contributed by atoms with E-state index in [0.29, 0.717) is 18.8 Å². The van der Waals surface area contributed by atoms with Crippen LogP contribution in [0, 0.1) is 22.0 Å². The average molecular weight is 313 g/mol. The molecular formula is C13H19N3O4S. The summed E-state index contributed by atoms with van der Waals surface area (Å²) in [7, 11) is -2.22. The lowest BCUT2D eigenvalue weighted by Crippen LogP contribution is -2.29. The third kappa shape index (κ3) is 2.86. The fourth-order valence-corrected chi connectivity index (χ4v) is 4.26. The van der Waals surface area contributed by atoms with Crippen molar-refractivity contribution in [2.24, 2.45) is 11.8 Å². The SMILES string of the molecule is CNc1ccc([N+](=O)[O-])c(S(=O)(=O)N2CC(C)C(C)C2)c1. The number of nitro benzene ring substituents is 1. The van der Waals surface area contributed by atoms with Crippen LogP contribution >= 0.6 is 0 Å². The summed E-state index contributed by atoms with van der Waals surface area (Å²) >= 11 is 0. The van der Waals surface area contributed by atoms with Crippen LogP contribution in [-0.4, -0.2) is 37.8 Å². The van der Waals surface area contributed by atoms with E-state index in [1.807, 2.05) is 13.8 Å². The summed E-state index contributed by atoms with van der Waals surface area (Å²) in [5.41, 5.74) is 0.140. The van der Waals surface area contributed by atoms with Crippen LogP contribution in [0.1, 0.15) is 13.8 Å². The fraction of sp³-hybridized carbons (Fsp3) is 0.538. The van der Waals surface area contributed by atoms with Crippen LogP contribution in [0.25, 0.3) is 0 Å². The Morgan fingerprint density at radius 2 is 1.86 bits per heavy atom. The van der Waals surface area contributed by atoms with Gasteiger partial charge in [-0.3, -0.25) is 10.1 Å². The molecule has 1 aliphatic rings. The number of rotatable bonds is 4. The van der Waals surface area contributed by atoms with Gasteiger partial charge < -0.3 is 5.32 Å². The second-order valence-electron chi connectivity index (χ2n) is 5.47. The van der Waals surface area contributed by atoms with Gasteiger partial charge in [0.1, 0.15) is 0 Å². The first-order chi connectivity index (χ1) is 9.77. The van der Waals surface area contributed by atoms with Crippen LogP contribution in [0.5, 0.6) is 0 Å². The highest BCUT2D eigenvalue weighted by Gasteiger charge is 2.38. The lowest BCUT2D eigenvalue weighted by atomic mass is 10.0. The molecule has 1 aromatic rings. The van der Waals surface area contributed by atoms with Crippen molar-refractivity contribution in [3.63, 3.8) is 0 Å². The van der Waals surface area contributed by atoms with Gasteiger partial charge in [-0.05, 0) is 24.0 Å². The van der Waals surface area contributed by atoms with Crippen LogP contribution < -0.4 is 5.32 Å². The zero-order chi connectivity index (χ0) is 15.8. The van der Waals surface area contributed by atoms with Crippen molar-refractivity contribution >= 4 is 21.4 Å². The van der Waals surface area contributed by atoms with Crippen LogP contribution in [0.15, 0.2) is 23.1 Å². The molecule has 0 radical (unpaired) electrons. The van der Waals surface area contributed by atoms with Gasteiger partial charge in [0.25, 0.3) is 5.69 Å². The van der Waals surface area contributed by atoms with Gasteiger partial charge in [-0.2, -0.15) is 4.31 Å². The first-order valence-electron chi connectivity index (χ1n) is 6.73. The lowest BCUT2D eigenvalue weighted by Gasteiger charge is -2.16. The molecule has 0 bridgehead atoms. The van der Waals surface area contributed by atoms with E-state index in [1.54, 1.807) is 7.05 Å². The standard InChI is InChI=1S/C13H19N3O4S/c1-9-7-15(8-10(9)2)21(19,20)13-6-11(14-3)4-5-12(13)16(17)18/h4-6,9-10,14H,7-8H2,1-3H3. The van der Waals surface area contributed by atoms with Gasteiger partial charge >= 0.3 is 0 Å². The molecule has 7 nitrogen and oxygen atoms in total. The summed E-state index contributed by atoms with van der Waals surface area (Å²) in [6.45, 7) is 4.76. The maximum Gasteiger partial charge on any atom is 0.289 e. The van der Waals surface area contributed by atoms with Gasteiger partial charge in [0.05, 0.1) is 4.92 Å². The summed E-state index contributed by atoms with van der Waals surface area (Å²) in [5, 5.41) is 13.9. The van der Waals surface area contributed by atoms with E-state index in [4.69, 9.17) is 0 Å². The Kier molecular flexibility index (Phi) is 4.20. The monoisotopic (exact) mass is 313 g/mol. The van der Waals surface area contributed by atoms with Gasteiger partial charge in [0, 0.05) is 31.9 Å². The van der Waals surface area contributed by atoms with Crippen molar-refractivity contribution in [3.05, 3.63) is 28.3 Å². The Morgan fingerprint density at radius 3 is 2.33 bits per heavy atom. The van der Waals surface area contributed by atoms with Gasteiger partial charge in [-0.25, -0.2) is 8.42 Å². The Hall–Kier alpha value is -1.67.